The molecule has 1 aromatic carbocycles. The number of amides is 1. The summed E-state index contributed by atoms with van der Waals surface area (Å²) >= 11 is 0. The highest BCUT2D eigenvalue weighted by Gasteiger charge is 2.56. The van der Waals surface area contributed by atoms with Crippen LogP contribution in [0, 0.1) is 6.92 Å². The first-order valence-electron chi connectivity index (χ1n) is 11.8. The number of nitrogens with one attached hydrogen (secondary N) is 1. The van der Waals surface area contributed by atoms with E-state index in [4.69, 9.17) is 5.73 Å². The van der Waals surface area contributed by atoms with Crippen molar-refractivity contribution in [2.24, 2.45) is 0 Å². The molecule has 15 heteroatoms. The van der Waals surface area contributed by atoms with Gasteiger partial charge in [0.05, 0.1) is 16.8 Å². The summed E-state index contributed by atoms with van der Waals surface area (Å²) < 4.78 is 66.8. The lowest BCUT2D eigenvalue weighted by Crippen LogP contribution is -2.36. The molecule has 0 spiro atoms. The Morgan fingerprint density at radius 2 is 1.90 bits per heavy atom. The number of aromatic carboxylic acids is 1. The smallest absolute Gasteiger partial charge is 0.453 e. The third-order valence-corrected chi connectivity index (χ3v) is 6.99. The Morgan fingerprint density at radius 3 is 2.58 bits per heavy atom. The van der Waals surface area contributed by atoms with Crippen LogP contribution in [0.4, 0.5) is 33.6 Å². The molecule has 1 aliphatic rings. The number of aromatic nitrogens is 5. The van der Waals surface area contributed by atoms with E-state index in [1.165, 1.54) is 35.1 Å². The first kappa shape index (κ1) is 26.9. The van der Waals surface area contributed by atoms with Crippen molar-refractivity contribution in [1.29, 1.82) is 0 Å². The lowest BCUT2D eigenvalue weighted by atomic mass is 9.75. The standard InChI is InChI=1S/C25H20F5N7O3/c1-11-12(21(38)39)4-3-5-13(11)23(2)16-17(31)34-18(35-19(16)36-22(23)40)15-10-37-9-8-32-20(37)14(33-15)6-7-24(26,27)25(28,29)30/h3-5,8-10H,6-7H2,1-2H3,(H,38,39)(H3,31,34,35,36,40). The average molecular weight is 561 g/mol. The monoisotopic (exact) mass is 561 g/mol. The molecule has 1 unspecified atom stereocenters. The van der Waals surface area contributed by atoms with Crippen LogP contribution in [0.1, 0.15) is 46.1 Å². The molecule has 0 radical (unpaired) electrons. The first-order valence-corrected chi connectivity index (χ1v) is 11.8. The Balaban J connectivity index is 1.59. The van der Waals surface area contributed by atoms with E-state index in [1.54, 1.807) is 19.9 Å². The maximum atomic E-state index is 13.6. The number of carbonyl (C=O) groups excluding carboxylic acids is 1. The number of halogens is 5. The van der Waals surface area contributed by atoms with Gasteiger partial charge in [0.2, 0.25) is 5.91 Å². The number of nitrogens with zero attached hydrogens (tertiary/aromatic N) is 5. The molecular weight excluding hydrogens is 541 g/mol. The van der Waals surface area contributed by atoms with Gasteiger partial charge in [-0.05, 0) is 37.5 Å². The van der Waals surface area contributed by atoms with Crippen molar-refractivity contribution in [3.05, 3.63) is 64.7 Å². The normalized spacial score (nSPS) is 17.2. The van der Waals surface area contributed by atoms with Gasteiger partial charge in [0, 0.05) is 25.0 Å². The van der Waals surface area contributed by atoms with Crippen LogP contribution in [0.5, 0.6) is 0 Å². The van der Waals surface area contributed by atoms with Crippen molar-refractivity contribution < 1.29 is 36.6 Å². The Hall–Kier alpha value is -4.69. The van der Waals surface area contributed by atoms with Crippen molar-refractivity contribution in [2.45, 2.75) is 44.2 Å². The fourth-order valence-corrected chi connectivity index (χ4v) is 4.88. The fourth-order valence-electron chi connectivity index (χ4n) is 4.88. The number of nitrogen functional groups attached to an aromatic ring is 1. The minimum absolute atomic E-state index is 0.00227. The summed E-state index contributed by atoms with van der Waals surface area (Å²) in [6.07, 6.45) is -3.86. The van der Waals surface area contributed by atoms with Crippen LogP contribution in [0.15, 0.2) is 36.8 Å². The maximum Gasteiger partial charge on any atom is 0.453 e. The third-order valence-electron chi connectivity index (χ3n) is 6.99. The second kappa shape index (κ2) is 8.93. The van der Waals surface area contributed by atoms with E-state index in [0.29, 0.717) is 11.1 Å². The van der Waals surface area contributed by atoms with Gasteiger partial charge >= 0.3 is 18.1 Å². The highest BCUT2D eigenvalue weighted by Crippen LogP contribution is 2.46. The minimum Gasteiger partial charge on any atom is -0.478 e. The summed E-state index contributed by atoms with van der Waals surface area (Å²) in [6.45, 7) is 3.12. The summed E-state index contributed by atoms with van der Waals surface area (Å²) in [5.41, 5.74) is 5.66. The number of benzene rings is 1. The van der Waals surface area contributed by atoms with Gasteiger partial charge in [-0.1, -0.05) is 12.1 Å². The van der Waals surface area contributed by atoms with Crippen LogP contribution in [-0.2, 0) is 16.6 Å². The van der Waals surface area contributed by atoms with Gasteiger partial charge in [-0.15, -0.1) is 0 Å². The zero-order valence-corrected chi connectivity index (χ0v) is 20.8. The van der Waals surface area contributed by atoms with Crippen LogP contribution in [0.2, 0.25) is 0 Å². The number of carboxylic acids is 1. The molecule has 0 fully saturated rings. The molecule has 3 aromatic heterocycles. The molecule has 0 saturated carbocycles. The van der Waals surface area contributed by atoms with Gasteiger partial charge in [-0.3, -0.25) is 4.79 Å². The average Bonchev–Trinajstić information content (AvgIpc) is 3.44. The zero-order valence-electron chi connectivity index (χ0n) is 20.8. The van der Waals surface area contributed by atoms with Crippen LogP contribution in [0.25, 0.3) is 17.2 Å². The van der Waals surface area contributed by atoms with E-state index >= 15 is 0 Å². The molecule has 5 rings (SSSR count). The molecule has 0 aliphatic carbocycles. The summed E-state index contributed by atoms with van der Waals surface area (Å²) in [7, 11) is 0. The second-order valence-electron chi connectivity index (χ2n) is 9.45. The number of fused-ring (bicyclic) bond motifs is 2. The SMILES string of the molecule is Cc1c(C(=O)O)cccc1C1(C)C(=O)Nc2nc(-c3cn4ccnc4c(CCC(F)(F)C(F)(F)F)n3)nc(N)c21. The molecule has 0 bridgehead atoms. The van der Waals surface area contributed by atoms with E-state index < -0.39 is 42.2 Å². The Morgan fingerprint density at radius 1 is 1.18 bits per heavy atom. The largest absolute Gasteiger partial charge is 0.478 e. The van der Waals surface area contributed by atoms with Gasteiger partial charge in [0.15, 0.2) is 11.5 Å². The lowest BCUT2D eigenvalue weighted by molar-refractivity contribution is -0.284. The number of hydrogen-bond donors (Lipinski definition) is 3. The van der Waals surface area contributed by atoms with E-state index in [-0.39, 0.29) is 45.6 Å². The first-order chi connectivity index (χ1) is 18.6. The number of alkyl halides is 5. The molecule has 10 nitrogen and oxygen atoms in total. The fraction of sp³-hybridized carbons (Fsp3) is 0.280. The van der Waals surface area contributed by atoms with Gasteiger partial charge in [0.1, 0.15) is 22.7 Å². The third kappa shape index (κ3) is 4.08. The van der Waals surface area contributed by atoms with Crippen molar-refractivity contribution >= 4 is 29.2 Å². The molecule has 1 aliphatic heterocycles. The predicted molar refractivity (Wildman–Crippen MR) is 131 cm³/mol. The molecule has 208 valence electrons. The predicted octanol–water partition coefficient (Wildman–Crippen LogP) is 4.16. The Bertz CT molecular complexity index is 1700. The summed E-state index contributed by atoms with van der Waals surface area (Å²) in [5, 5.41) is 12.2. The summed E-state index contributed by atoms with van der Waals surface area (Å²) in [4.78, 5) is 41.8. The molecular formula is C25H20F5N7O3. The van der Waals surface area contributed by atoms with Crippen LogP contribution >= 0.6 is 0 Å². The molecule has 1 amide bonds. The number of imidazole rings is 1. The highest BCUT2D eigenvalue weighted by molar-refractivity contribution is 6.09. The number of rotatable bonds is 6. The van der Waals surface area contributed by atoms with E-state index in [9.17, 15) is 36.6 Å². The molecule has 1 atom stereocenters. The van der Waals surface area contributed by atoms with Gasteiger partial charge in [-0.25, -0.2) is 24.7 Å². The van der Waals surface area contributed by atoms with E-state index in [0.717, 1.165) is 0 Å². The van der Waals surface area contributed by atoms with Crippen molar-refractivity contribution in [3.63, 3.8) is 0 Å². The van der Waals surface area contributed by atoms with Crippen molar-refractivity contribution in [3.8, 4) is 11.5 Å². The van der Waals surface area contributed by atoms with E-state index in [1.807, 2.05) is 0 Å². The number of hydrogen-bond acceptors (Lipinski definition) is 7. The van der Waals surface area contributed by atoms with Crippen LogP contribution in [-0.4, -0.2) is 53.4 Å². The molecule has 0 saturated heterocycles. The molecule has 40 heavy (non-hydrogen) atoms. The number of nitrogens with two attached hydrogens (primary N) is 1. The van der Waals surface area contributed by atoms with Gasteiger partial charge in [0.25, 0.3) is 0 Å². The van der Waals surface area contributed by atoms with Gasteiger partial charge < -0.3 is 20.6 Å². The van der Waals surface area contributed by atoms with Gasteiger partial charge in [-0.2, -0.15) is 22.0 Å². The molecule has 4 heterocycles. The maximum absolute atomic E-state index is 13.6. The zero-order chi connectivity index (χ0) is 29.2. The highest BCUT2D eigenvalue weighted by atomic mass is 19.4. The quantitative estimate of drug-likeness (QED) is 0.297. The topological polar surface area (TPSA) is 148 Å². The van der Waals surface area contributed by atoms with Crippen molar-refractivity contribution in [1.82, 2.24) is 24.3 Å². The van der Waals surface area contributed by atoms with E-state index in [2.05, 4.69) is 25.3 Å². The molecule has 4 N–H and O–H groups in total. The number of anilines is 2. The number of aryl methyl sites for hydroxylation is 1. The number of carboxylic acid groups (broad SMARTS) is 1. The van der Waals surface area contributed by atoms with Crippen molar-refractivity contribution in [2.75, 3.05) is 11.1 Å². The molecule has 4 aromatic rings. The second-order valence-corrected chi connectivity index (χ2v) is 9.45. The minimum atomic E-state index is -5.72. The Kier molecular flexibility index (Phi) is 6.00. The Labute approximate surface area is 222 Å². The summed E-state index contributed by atoms with van der Waals surface area (Å²) in [5.74, 6) is -6.90. The summed E-state index contributed by atoms with van der Waals surface area (Å²) in [6, 6.07) is 4.50. The van der Waals surface area contributed by atoms with Crippen LogP contribution < -0.4 is 11.1 Å². The lowest BCUT2D eigenvalue weighted by Gasteiger charge is -2.26. The number of carbonyl (C=O) groups is 2. The van der Waals surface area contributed by atoms with Crippen LogP contribution in [0.3, 0.4) is 0 Å².